The maximum Gasteiger partial charge on any atom is 0.126 e. The summed E-state index contributed by atoms with van der Waals surface area (Å²) in [6, 6.07) is 4.85. The average molecular weight is 262 g/mol. The van der Waals surface area contributed by atoms with Crippen molar-refractivity contribution in [3.05, 3.63) is 58.4 Å². The van der Waals surface area contributed by atoms with Gasteiger partial charge in [0.15, 0.2) is 0 Å². The fourth-order valence-corrected chi connectivity index (χ4v) is 1.96. The molecule has 2 aromatic rings. The van der Waals surface area contributed by atoms with E-state index < -0.39 is 11.7 Å². The zero-order chi connectivity index (χ0) is 13.1. The summed E-state index contributed by atoms with van der Waals surface area (Å²) < 4.78 is 13.6. The van der Waals surface area contributed by atoms with Gasteiger partial charge in [0, 0.05) is 17.4 Å². The Morgan fingerprint density at radius 3 is 2.78 bits per heavy atom. The molecule has 1 aromatic heterocycles. The summed E-state index contributed by atoms with van der Waals surface area (Å²) in [5, 5.41) is 9.57. The summed E-state index contributed by atoms with van der Waals surface area (Å²) in [5.41, 5.74) is 1.30. The number of aromatic nitrogens is 2. The fourth-order valence-electron chi connectivity index (χ4n) is 1.64. The Morgan fingerprint density at radius 2 is 2.17 bits per heavy atom. The lowest BCUT2D eigenvalue weighted by molar-refractivity contribution is 0.616. The molecule has 0 aliphatic rings. The van der Waals surface area contributed by atoms with Crippen LogP contribution in [0.25, 0.3) is 0 Å². The van der Waals surface area contributed by atoms with Gasteiger partial charge >= 0.3 is 0 Å². The highest BCUT2D eigenvalue weighted by Gasteiger charge is 2.19. The van der Waals surface area contributed by atoms with Gasteiger partial charge in [0.05, 0.1) is 18.0 Å². The molecule has 0 aliphatic carbocycles. The van der Waals surface area contributed by atoms with E-state index >= 15 is 0 Å². The van der Waals surface area contributed by atoms with Gasteiger partial charge in [-0.2, -0.15) is 5.26 Å². The van der Waals surface area contributed by atoms with Crippen molar-refractivity contribution in [1.29, 1.82) is 5.26 Å². The first kappa shape index (κ1) is 12.5. The number of hydrogen-bond donors (Lipinski definition) is 0. The maximum absolute atomic E-state index is 13.6. The number of hydrogen-bond acceptors (Lipinski definition) is 3. The van der Waals surface area contributed by atoms with Crippen LogP contribution in [0.3, 0.4) is 0 Å². The molecule has 0 saturated carbocycles. The Labute approximate surface area is 109 Å². The lowest BCUT2D eigenvalue weighted by Gasteiger charge is -2.11. The number of halogens is 2. The predicted octanol–water partition coefficient (Wildman–Crippen LogP) is 3.23. The van der Waals surface area contributed by atoms with Crippen LogP contribution in [0.15, 0.2) is 30.7 Å². The minimum atomic E-state index is -0.721. The van der Waals surface area contributed by atoms with Gasteiger partial charge in [0.2, 0.25) is 0 Å². The topological polar surface area (TPSA) is 49.6 Å². The number of nitriles is 1. The second-order valence-electron chi connectivity index (χ2n) is 3.82. The summed E-state index contributed by atoms with van der Waals surface area (Å²) in [6.07, 6.45) is 4.47. The molecule has 0 bridgehead atoms. The van der Waals surface area contributed by atoms with Gasteiger partial charge in [0.25, 0.3) is 0 Å². The van der Waals surface area contributed by atoms with Crippen LogP contribution in [-0.2, 0) is 0 Å². The van der Waals surface area contributed by atoms with Gasteiger partial charge < -0.3 is 0 Å². The Balaban J connectivity index is 2.53. The molecule has 2 rings (SSSR count). The van der Waals surface area contributed by atoms with Crippen molar-refractivity contribution < 1.29 is 4.39 Å². The molecule has 1 unspecified atom stereocenters. The van der Waals surface area contributed by atoms with Gasteiger partial charge in [-0.25, -0.2) is 4.39 Å². The Bertz CT molecular complexity index is 608. The van der Waals surface area contributed by atoms with Gasteiger partial charge in [-0.3, -0.25) is 9.97 Å². The van der Waals surface area contributed by atoms with Crippen molar-refractivity contribution in [2.24, 2.45) is 0 Å². The quantitative estimate of drug-likeness (QED) is 0.834. The number of nitrogens with zero attached hydrogens (tertiary/aromatic N) is 3. The minimum absolute atomic E-state index is 0.353. The Kier molecular flexibility index (Phi) is 3.54. The molecule has 0 spiro atoms. The standard InChI is InChI=1S/C13H9ClFN3/c1-8-4-11(14)9(5-12(8)15)10(6-16)13-7-17-2-3-18-13/h2-5,7,10H,1H3. The monoisotopic (exact) mass is 261 g/mol. The zero-order valence-corrected chi connectivity index (χ0v) is 10.3. The average Bonchev–Trinajstić information content (AvgIpc) is 2.38. The number of aryl methyl sites for hydroxylation is 1. The van der Waals surface area contributed by atoms with Crippen molar-refractivity contribution in [2.45, 2.75) is 12.8 Å². The van der Waals surface area contributed by atoms with Gasteiger partial charge in [0.1, 0.15) is 11.7 Å². The largest absolute Gasteiger partial charge is 0.261 e. The van der Waals surface area contributed by atoms with E-state index in [1.807, 2.05) is 0 Å². The molecule has 18 heavy (non-hydrogen) atoms. The van der Waals surface area contributed by atoms with Crippen molar-refractivity contribution >= 4 is 11.6 Å². The van der Waals surface area contributed by atoms with Crippen LogP contribution in [0.5, 0.6) is 0 Å². The number of rotatable bonds is 2. The normalized spacial score (nSPS) is 11.9. The van der Waals surface area contributed by atoms with Gasteiger partial charge in [-0.1, -0.05) is 11.6 Å². The molecule has 0 aliphatic heterocycles. The fraction of sp³-hybridized carbons (Fsp3) is 0.154. The van der Waals surface area contributed by atoms with E-state index in [-0.39, 0.29) is 0 Å². The maximum atomic E-state index is 13.6. The van der Waals surface area contributed by atoms with E-state index in [2.05, 4.69) is 16.0 Å². The summed E-state index contributed by atoms with van der Waals surface area (Å²) in [7, 11) is 0. The summed E-state index contributed by atoms with van der Waals surface area (Å²) in [6.45, 7) is 1.62. The molecule has 0 amide bonds. The van der Waals surface area contributed by atoms with Crippen molar-refractivity contribution in [2.75, 3.05) is 0 Å². The first-order chi connectivity index (χ1) is 8.63. The Hall–Kier alpha value is -1.99. The molecule has 1 atom stereocenters. The van der Waals surface area contributed by atoms with Crippen molar-refractivity contribution in [1.82, 2.24) is 9.97 Å². The highest BCUT2D eigenvalue weighted by atomic mass is 35.5. The third-order valence-corrected chi connectivity index (χ3v) is 2.92. The summed E-state index contributed by atoms with van der Waals surface area (Å²) >= 11 is 6.06. The third kappa shape index (κ3) is 2.31. The van der Waals surface area contributed by atoms with E-state index in [0.29, 0.717) is 21.8 Å². The lowest BCUT2D eigenvalue weighted by Crippen LogP contribution is -2.03. The van der Waals surface area contributed by atoms with Gasteiger partial charge in [-0.05, 0) is 30.2 Å². The van der Waals surface area contributed by atoms with Crippen LogP contribution in [0.1, 0.15) is 22.7 Å². The molecular weight excluding hydrogens is 253 g/mol. The zero-order valence-electron chi connectivity index (χ0n) is 9.56. The molecule has 0 N–H and O–H groups in total. The molecule has 1 aromatic carbocycles. The van der Waals surface area contributed by atoms with Crippen LogP contribution in [0, 0.1) is 24.1 Å². The highest BCUT2D eigenvalue weighted by molar-refractivity contribution is 6.31. The van der Waals surface area contributed by atoms with Crippen LogP contribution in [0.2, 0.25) is 5.02 Å². The second-order valence-corrected chi connectivity index (χ2v) is 4.22. The smallest absolute Gasteiger partial charge is 0.126 e. The molecule has 0 saturated heterocycles. The molecule has 5 heteroatoms. The minimum Gasteiger partial charge on any atom is -0.261 e. The molecular formula is C13H9ClFN3. The summed E-state index contributed by atoms with van der Waals surface area (Å²) in [4.78, 5) is 7.95. The summed E-state index contributed by atoms with van der Waals surface area (Å²) in [5.74, 6) is -1.11. The second kappa shape index (κ2) is 5.11. The third-order valence-electron chi connectivity index (χ3n) is 2.60. The van der Waals surface area contributed by atoms with E-state index in [4.69, 9.17) is 11.6 Å². The first-order valence-electron chi connectivity index (χ1n) is 5.24. The van der Waals surface area contributed by atoms with Crippen molar-refractivity contribution in [3.8, 4) is 6.07 Å². The number of benzene rings is 1. The lowest BCUT2D eigenvalue weighted by atomic mass is 9.96. The predicted molar refractivity (Wildman–Crippen MR) is 65.6 cm³/mol. The molecule has 90 valence electrons. The van der Waals surface area contributed by atoms with E-state index in [1.165, 1.54) is 30.7 Å². The Morgan fingerprint density at radius 1 is 1.39 bits per heavy atom. The van der Waals surface area contributed by atoms with Crippen LogP contribution >= 0.6 is 11.6 Å². The van der Waals surface area contributed by atoms with E-state index in [9.17, 15) is 9.65 Å². The van der Waals surface area contributed by atoms with E-state index in [0.717, 1.165) is 0 Å². The SMILES string of the molecule is Cc1cc(Cl)c(C(C#N)c2cnccn2)cc1F. The van der Waals surface area contributed by atoms with Crippen molar-refractivity contribution in [3.63, 3.8) is 0 Å². The first-order valence-corrected chi connectivity index (χ1v) is 5.62. The van der Waals surface area contributed by atoms with Crippen LogP contribution in [-0.4, -0.2) is 9.97 Å². The van der Waals surface area contributed by atoms with Gasteiger partial charge in [-0.15, -0.1) is 0 Å². The molecule has 0 radical (unpaired) electrons. The molecule has 0 fully saturated rings. The van der Waals surface area contributed by atoms with Crippen LogP contribution < -0.4 is 0 Å². The molecule has 3 nitrogen and oxygen atoms in total. The van der Waals surface area contributed by atoms with Crippen LogP contribution in [0.4, 0.5) is 4.39 Å². The highest BCUT2D eigenvalue weighted by Crippen LogP contribution is 2.30. The van der Waals surface area contributed by atoms with E-state index in [1.54, 1.807) is 6.92 Å². The molecule has 1 heterocycles.